The van der Waals surface area contributed by atoms with Crippen molar-refractivity contribution in [1.82, 2.24) is 9.97 Å². The maximum Gasteiger partial charge on any atom is 0.184 e. The van der Waals surface area contributed by atoms with Crippen LogP contribution in [0.2, 0.25) is 0 Å². The maximum absolute atomic E-state index is 13.0. The molecule has 0 spiro atoms. The largest absolute Gasteiger partial charge is 0.497 e. The van der Waals surface area contributed by atoms with Crippen LogP contribution in [0.1, 0.15) is 17.0 Å². The van der Waals surface area contributed by atoms with Crippen molar-refractivity contribution in [3.8, 4) is 5.75 Å². The molecule has 5 nitrogen and oxygen atoms in total. The minimum absolute atomic E-state index is 0.210. The smallest absolute Gasteiger partial charge is 0.184 e. The Morgan fingerprint density at radius 1 is 0.833 bits per heavy atom. The number of sulfone groups is 1. The van der Waals surface area contributed by atoms with Gasteiger partial charge in [-0.1, -0.05) is 40.2 Å². The van der Waals surface area contributed by atoms with E-state index in [-0.39, 0.29) is 10.6 Å². The molecule has 0 radical (unpaired) electrons. The first-order valence-electron chi connectivity index (χ1n) is 9.30. The average molecular weight is 483 g/mol. The Kier molecular flexibility index (Phi) is 5.83. The van der Waals surface area contributed by atoms with Gasteiger partial charge >= 0.3 is 0 Å². The molecular formula is C23H19BrN2O3S. The molecule has 0 N–H and O–H groups in total. The molecule has 0 bridgehead atoms. The van der Waals surface area contributed by atoms with Crippen molar-refractivity contribution in [3.63, 3.8) is 0 Å². The molecule has 3 aromatic carbocycles. The first-order valence-corrected chi connectivity index (χ1v) is 11.7. The van der Waals surface area contributed by atoms with Crippen LogP contribution < -0.4 is 4.74 Å². The first kappa shape index (κ1) is 20.5. The van der Waals surface area contributed by atoms with Crippen molar-refractivity contribution in [2.75, 3.05) is 7.11 Å². The topological polar surface area (TPSA) is 69.2 Å². The van der Waals surface area contributed by atoms with Gasteiger partial charge < -0.3 is 4.74 Å². The van der Waals surface area contributed by atoms with Crippen LogP contribution in [-0.2, 0) is 22.0 Å². The summed E-state index contributed by atoms with van der Waals surface area (Å²) in [6, 6.07) is 21.8. The first-order chi connectivity index (χ1) is 14.4. The van der Waals surface area contributed by atoms with Gasteiger partial charge in [0, 0.05) is 10.9 Å². The van der Waals surface area contributed by atoms with Gasteiger partial charge in [0.2, 0.25) is 0 Å². The fourth-order valence-electron chi connectivity index (χ4n) is 3.17. The van der Waals surface area contributed by atoms with Gasteiger partial charge in [-0.25, -0.2) is 18.4 Å². The Morgan fingerprint density at radius 2 is 1.43 bits per heavy atom. The molecule has 4 aromatic rings. The minimum Gasteiger partial charge on any atom is -0.497 e. The van der Waals surface area contributed by atoms with Gasteiger partial charge in [-0.2, -0.15) is 0 Å². The van der Waals surface area contributed by atoms with Crippen LogP contribution in [0.25, 0.3) is 11.0 Å². The summed E-state index contributed by atoms with van der Waals surface area (Å²) in [5.41, 5.74) is 3.54. The molecule has 0 aliphatic heterocycles. The zero-order valence-electron chi connectivity index (χ0n) is 16.2. The Hall–Kier alpha value is -2.77. The van der Waals surface area contributed by atoms with Crippen molar-refractivity contribution < 1.29 is 13.2 Å². The van der Waals surface area contributed by atoms with Crippen LogP contribution in [0.15, 0.2) is 82.2 Å². The Morgan fingerprint density at radius 3 is 2.03 bits per heavy atom. The van der Waals surface area contributed by atoms with Crippen LogP contribution in [0.4, 0.5) is 0 Å². The second-order valence-electron chi connectivity index (χ2n) is 6.84. The molecule has 0 atom stereocenters. The molecule has 0 unspecified atom stereocenters. The zero-order valence-corrected chi connectivity index (χ0v) is 18.7. The van der Waals surface area contributed by atoms with E-state index in [1.54, 1.807) is 31.4 Å². The van der Waals surface area contributed by atoms with E-state index in [1.165, 1.54) is 0 Å². The van der Waals surface area contributed by atoms with E-state index in [1.807, 2.05) is 48.5 Å². The summed E-state index contributed by atoms with van der Waals surface area (Å²) in [7, 11) is -1.95. The van der Waals surface area contributed by atoms with Crippen LogP contribution in [-0.4, -0.2) is 25.5 Å². The third kappa shape index (κ3) is 4.52. The molecule has 1 aromatic heterocycles. The van der Waals surface area contributed by atoms with E-state index in [4.69, 9.17) is 9.72 Å². The van der Waals surface area contributed by atoms with Gasteiger partial charge in [-0.05, 0) is 54.1 Å². The van der Waals surface area contributed by atoms with Gasteiger partial charge in [0.1, 0.15) is 5.75 Å². The molecule has 0 amide bonds. The highest BCUT2D eigenvalue weighted by Gasteiger charge is 2.20. The number of para-hydroxylation sites is 2. The lowest BCUT2D eigenvalue weighted by Gasteiger charge is -2.11. The molecule has 152 valence electrons. The molecule has 0 saturated carbocycles. The summed E-state index contributed by atoms with van der Waals surface area (Å²) in [5.74, 6) is 0.555. The predicted molar refractivity (Wildman–Crippen MR) is 120 cm³/mol. The summed E-state index contributed by atoms with van der Waals surface area (Å²) < 4.78 is 32.1. The fraction of sp³-hybridized carbons (Fsp3) is 0.130. The van der Waals surface area contributed by atoms with Crippen LogP contribution >= 0.6 is 15.9 Å². The van der Waals surface area contributed by atoms with E-state index < -0.39 is 9.84 Å². The highest BCUT2D eigenvalue weighted by Crippen LogP contribution is 2.23. The molecule has 0 aliphatic rings. The molecule has 30 heavy (non-hydrogen) atoms. The van der Waals surface area contributed by atoms with Gasteiger partial charge in [0.15, 0.2) is 9.84 Å². The lowest BCUT2D eigenvalue weighted by atomic mass is 10.1. The van der Waals surface area contributed by atoms with Crippen LogP contribution in [0.3, 0.4) is 0 Å². The number of ether oxygens (including phenoxy) is 1. The molecule has 0 aliphatic carbocycles. The summed E-state index contributed by atoms with van der Waals surface area (Å²) in [4.78, 5) is 9.66. The monoisotopic (exact) mass is 482 g/mol. The number of rotatable bonds is 6. The van der Waals surface area contributed by atoms with Crippen molar-refractivity contribution >= 4 is 36.8 Å². The highest BCUT2D eigenvalue weighted by atomic mass is 79.9. The number of hydrogen-bond acceptors (Lipinski definition) is 5. The third-order valence-corrected chi connectivity index (χ3v) is 6.93. The molecule has 0 fully saturated rings. The van der Waals surface area contributed by atoms with Gasteiger partial charge in [-0.15, -0.1) is 0 Å². The van der Waals surface area contributed by atoms with Gasteiger partial charge in [-0.3, -0.25) is 0 Å². The number of aromatic nitrogens is 2. The van der Waals surface area contributed by atoms with Crippen molar-refractivity contribution in [2.45, 2.75) is 17.1 Å². The summed E-state index contributed by atoms with van der Waals surface area (Å²) >= 11 is 3.34. The standard InChI is InChI=1S/C23H19BrN2O3S/c1-29-18-10-6-16(7-11-18)14-22-23(26-21-5-3-2-4-20(21)25-22)15-30(27,28)19-12-8-17(24)9-13-19/h2-13H,14-15H2,1H3. The van der Waals surface area contributed by atoms with E-state index in [9.17, 15) is 8.42 Å². The van der Waals surface area contributed by atoms with Crippen molar-refractivity contribution in [3.05, 3.63) is 94.2 Å². The number of hydrogen-bond donors (Lipinski definition) is 0. The number of methoxy groups -OCH3 is 1. The molecule has 7 heteroatoms. The fourth-order valence-corrected chi connectivity index (χ4v) is 4.75. The van der Waals surface area contributed by atoms with Gasteiger partial charge in [0.05, 0.1) is 40.2 Å². The Bertz CT molecular complexity index is 1290. The highest BCUT2D eigenvalue weighted by molar-refractivity contribution is 9.10. The predicted octanol–water partition coefficient (Wildman–Crippen LogP) is 4.97. The van der Waals surface area contributed by atoms with E-state index in [2.05, 4.69) is 20.9 Å². The molecular weight excluding hydrogens is 464 g/mol. The lowest BCUT2D eigenvalue weighted by Crippen LogP contribution is -2.11. The van der Waals surface area contributed by atoms with Gasteiger partial charge in [0.25, 0.3) is 0 Å². The maximum atomic E-state index is 13.0. The number of benzene rings is 3. The molecule has 0 saturated heterocycles. The zero-order chi connectivity index (χ0) is 21.1. The number of fused-ring (bicyclic) bond motifs is 1. The lowest BCUT2D eigenvalue weighted by molar-refractivity contribution is 0.414. The second kappa shape index (κ2) is 8.53. The molecule has 4 rings (SSSR count). The van der Waals surface area contributed by atoms with Crippen LogP contribution in [0, 0.1) is 0 Å². The van der Waals surface area contributed by atoms with E-state index >= 15 is 0 Å². The Labute approximate surface area is 183 Å². The minimum atomic E-state index is -3.57. The SMILES string of the molecule is COc1ccc(Cc2nc3ccccc3nc2CS(=O)(=O)c2ccc(Br)cc2)cc1. The number of nitrogens with zero attached hydrogens (tertiary/aromatic N) is 2. The average Bonchev–Trinajstić information content (AvgIpc) is 2.75. The summed E-state index contributed by atoms with van der Waals surface area (Å²) in [5, 5.41) is 0. The normalized spacial score (nSPS) is 11.5. The Balaban J connectivity index is 1.74. The number of halogens is 1. The second-order valence-corrected chi connectivity index (χ2v) is 9.75. The molecule has 1 heterocycles. The quantitative estimate of drug-likeness (QED) is 0.388. The summed E-state index contributed by atoms with van der Waals surface area (Å²) in [6.07, 6.45) is 0.479. The van der Waals surface area contributed by atoms with Crippen molar-refractivity contribution in [1.29, 1.82) is 0 Å². The van der Waals surface area contributed by atoms with Crippen LogP contribution in [0.5, 0.6) is 5.75 Å². The third-order valence-electron chi connectivity index (χ3n) is 4.76. The van der Waals surface area contributed by atoms with Crippen molar-refractivity contribution in [2.24, 2.45) is 0 Å². The van der Waals surface area contributed by atoms with E-state index in [0.29, 0.717) is 23.3 Å². The summed E-state index contributed by atoms with van der Waals surface area (Å²) in [6.45, 7) is 0. The van der Waals surface area contributed by atoms with E-state index in [0.717, 1.165) is 21.3 Å².